The fourth-order valence-corrected chi connectivity index (χ4v) is 2.80. The quantitative estimate of drug-likeness (QED) is 0.655. The Kier molecular flexibility index (Phi) is 7.50. The highest BCUT2D eigenvalue weighted by molar-refractivity contribution is 5.80. The van der Waals surface area contributed by atoms with Crippen molar-refractivity contribution in [1.82, 2.24) is 9.91 Å². The number of benzene rings is 1. The average Bonchev–Trinajstić information content (AvgIpc) is 3.06. The third-order valence-corrected chi connectivity index (χ3v) is 4.07. The van der Waals surface area contributed by atoms with Gasteiger partial charge in [-0.1, -0.05) is 13.8 Å². The first-order valence-corrected chi connectivity index (χ1v) is 9.40. The van der Waals surface area contributed by atoms with E-state index in [1.54, 1.807) is 18.2 Å². The van der Waals surface area contributed by atoms with Crippen molar-refractivity contribution in [2.24, 2.45) is 5.92 Å². The van der Waals surface area contributed by atoms with Gasteiger partial charge in [0.05, 0.1) is 18.1 Å². The monoisotopic (exact) mass is 377 g/mol. The largest absolute Gasteiger partial charge is 0.464 e. The van der Waals surface area contributed by atoms with E-state index in [4.69, 9.17) is 9.15 Å². The predicted molar refractivity (Wildman–Crippen MR) is 106 cm³/mol. The van der Waals surface area contributed by atoms with E-state index in [0.29, 0.717) is 37.7 Å². The molecule has 0 spiro atoms. The fraction of sp³-hybridized carbons (Fsp3) is 0.550. The summed E-state index contributed by atoms with van der Waals surface area (Å²) in [5, 5.41) is 14.8. The number of nitrogens with zero attached hydrogens (tertiary/aromatic N) is 3. The van der Waals surface area contributed by atoms with Crippen molar-refractivity contribution in [2.75, 3.05) is 31.9 Å². The summed E-state index contributed by atoms with van der Waals surface area (Å²) in [4.78, 5) is 13.4. The van der Waals surface area contributed by atoms with Gasteiger partial charge in [-0.3, -0.25) is 5.21 Å². The molecular formula is C20H31N3O4. The molecule has 1 heterocycles. The number of hydrogen-bond donors (Lipinski definition) is 1. The minimum atomic E-state index is -0.327. The maximum absolute atomic E-state index is 11.9. The molecular weight excluding hydrogens is 346 g/mol. The van der Waals surface area contributed by atoms with Crippen molar-refractivity contribution in [3.63, 3.8) is 0 Å². The first-order valence-electron chi connectivity index (χ1n) is 9.40. The molecule has 2 rings (SSSR count). The number of hydrazine groups is 1. The lowest BCUT2D eigenvalue weighted by Crippen LogP contribution is -2.44. The summed E-state index contributed by atoms with van der Waals surface area (Å²) in [5.74, 6) is 0.376. The van der Waals surface area contributed by atoms with Gasteiger partial charge in [0.15, 0.2) is 0 Å². The van der Waals surface area contributed by atoms with E-state index in [0.717, 1.165) is 11.0 Å². The lowest BCUT2D eigenvalue weighted by Gasteiger charge is -2.33. The van der Waals surface area contributed by atoms with E-state index >= 15 is 0 Å². The van der Waals surface area contributed by atoms with Crippen molar-refractivity contribution in [3.05, 3.63) is 30.5 Å². The minimum absolute atomic E-state index is 0.136. The Hall–Kier alpha value is -2.25. The number of hydrogen-bond acceptors (Lipinski definition) is 6. The first kappa shape index (κ1) is 21.1. The molecule has 0 bridgehead atoms. The van der Waals surface area contributed by atoms with Gasteiger partial charge in [-0.15, -0.1) is 0 Å². The second-order valence-electron chi connectivity index (χ2n) is 7.45. The number of furan rings is 1. The molecule has 1 aromatic carbocycles. The molecule has 7 heteroatoms. The number of fused-ring (bicyclic) bond motifs is 1. The molecule has 7 nitrogen and oxygen atoms in total. The topological polar surface area (TPSA) is 69.4 Å². The van der Waals surface area contributed by atoms with Gasteiger partial charge in [0.25, 0.3) is 0 Å². The molecule has 0 radical (unpaired) electrons. The molecule has 1 N–H and O–H groups in total. The normalized spacial score (nSPS) is 11.6. The van der Waals surface area contributed by atoms with E-state index in [1.165, 1.54) is 5.17 Å². The van der Waals surface area contributed by atoms with Crippen molar-refractivity contribution in [1.29, 1.82) is 0 Å². The number of anilines is 1. The number of carbonyl (C=O) groups is 1. The van der Waals surface area contributed by atoms with Crippen LogP contribution in [-0.2, 0) is 4.74 Å². The number of rotatable bonds is 9. The summed E-state index contributed by atoms with van der Waals surface area (Å²) in [7, 11) is 1.72. The molecule has 0 atom stereocenters. The molecule has 2 aromatic rings. The SMILES string of the molecule is CC(C)CN(CCCN(C)C(=O)OC(C)C)N(O)c1ccc2occc2c1. The Bertz CT molecular complexity index is 729. The Labute approximate surface area is 161 Å². The van der Waals surface area contributed by atoms with Gasteiger partial charge in [-0.05, 0) is 50.5 Å². The molecule has 27 heavy (non-hydrogen) atoms. The Balaban J connectivity index is 1.98. The molecule has 0 fully saturated rings. The summed E-state index contributed by atoms with van der Waals surface area (Å²) in [6, 6.07) is 7.43. The van der Waals surface area contributed by atoms with E-state index < -0.39 is 0 Å². The van der Waals surface area contributed by atoms with Crippen LogP contribution in [0.3, 0.4) is 0 Å². The lowest BCUT2D eigenvalue weighted by molar-refractivity contribution is 0.0508. The standard InChI is InChI=1S/C20H31N3O4/c1-15(2)14-22(11-6-10-21(5)20(24)27-16(3)4)23(25)18-7-8-19-17(13-18)9-12-26-19/h7-9,12-13,15-16,25H,6,10-11,14H2,1-5H3. The van der Waals surface area contributed by atoms with E-state index in [9.17, 15) is 10.0 Å². The zero-order valence-electron chi connectivity index (χ0n) is 16.9. The Morgan fingerprint density at radius 1 is 1.19 bits per heavy atom. The fourth-order valence-electron chi connectivity index (χ4n) is 2.80. The van der Waals surface area contributed by atoms with Crippen LogP contribution >= 0.6 is 0 Å². The summed E-state index contributed by atoms with van der Waals surface area (Å²) >= 11 is 0. The van der Waals surface area contributed by atoms with E-state index in [-0.39, 0.29) is 12.2 Å². The number of ether oxygens (including phenoxy) is 1. The second-order valence-corrected chi connectivity index (χ2v) is 7.45. The zero-order valence-corrected chi connectivity index (χ0v) is 16.9. The zero-order chi connectivity index (χ0) is 20.0. The second kappa shape index (κ2) is 9.62. The lowest BCUT2D eigenvalue weighted by atomic mass is 10.2. The van der Waals surface area contributed by atoms with Crippen LogP contribution in [0.25, 0.3) is 11.0 Å². The van der Waals surface area contributed by atoms with Crippen LogP contribution in [-0.4, -0.2) is 54.0 Å². The number of carbonyl (C=O) groups excluding carboxylic acids is 1. The smallest absolute Gasteiger partial charge is 0.409 e. The van der Waals surface area contributed by atoms with Crippen LogP contribution in [0.15, 0.2) is 34.9 Å². The van der Waals surface area contributed by atoms with Crippen LogP contribution < -0.4 is 5.17 Å². The molecule has 0 aliphatic heterocycles. The van der Waals surface area contributed by atoms with Crippen molar-refractivity contribution < 1.29 is 19.2 Å². The molecule has 150 valence electrons. The van der Waals surface area contributed by atoms with Crippen molar-refractivity contribution in [3.8, 4) is 0 Å². The van der Waals surface area contributed by atoms with Crippen LogP contribution in [0.1, 0.15) is 34.1 Å². The van der Waals surface area contributed by atoms with Crippen molar-refractivity contribution >= 4 is 22.7 Å². The van der Waals surface area contributed by atoms with Gasteiger partial charge < -0.3 is 14.1 Å². The van der Waals surface area contributed by atoms with Crippen LogP contribution in [0.2, 0.25) is 0 Å². The molecule has 1 aromatic heterocycles. The average molecular weight is 377 g/mol. The van der Waals surface area contributed by atoms with Crippen LogP contribution in [0.4, 0.5) is 10.5 Å². The summed E-state index contributed by atoms with van der Waals surface area (Å²) < 4.78 is 10.5. The maximum atomic E-state index is 11.9. The third kappa shape index (κ3) is 6.15. The van der Waals surface area contributed by atoms with E-state index in [2.05, 4.69) is 13.8 Å². The van der Waals surface area contributed by atoms with Crippen molar-refractivity contribution in [2.45, 2.75) is 40.2 Å². The van der Waals surface area contributed by atoms with Gasteiger partial charge in [-0.2, -0.15) is 10.2 Å². The highest BCUT2D eigenvalue weighted by atomic mass is 16.6. The molecule has 1 amide bonds. The van der Waals surface area contributed by atoms with Gasteiger partial charge in [-0.25, -0.2) is 4.79 Å². The summed E-state index contributed by atoms with van der Waals surface area (Å²) in [6.07, 6.45) is 1.88. The molecule has 0 aliphatic rings. The Morgan fingerprint density at radius 2 is 1.93 bits per heavy atom. The molecule has 0 aliphatic carbocycles. The number of amides is 1. The van der Waals surface area contributed by atoms with E-state index in [1.807, 2.05) is 43.1 Å². The molecule has 0 saturated heterocycles. The van der Waals surface area contributed by atoms with Gasteiger partial charge in [0, 0.05) is 32.1 Å². The van der Waals surface area contributed by atoms with Gasteiger partial charge in [0.1, 0.15) is 5.58 Å². The predicted octanol–water partition coefficient (Wildman–Crippen LogP) is 4.37. The van der Waals surface area contributed by atoms with Gasteiger partial charge >= 0.3 is 6.09 Å². The Morgan fingerprint density at radius 3 is 2.59 bits per heavy atom. The molecule has 0 saturated carbocycles. The highest BCUT2D eigenvalue weighted by Crippen LogP contribution is 2.23. The maximum Gasteiger partial charge on any atom is 0.409 e. The van der Waals surface area contributed by atoms with Crippen LogP contribution in [0.5, 0.6) is 0 Å². The first-order chi connectivity index (χ1) is 12.8. The summed E-state index contributed by atoms with van der Waals surface area (Å²) in [5.41, 5.74) is 1.46. The van der Waals surface area contributed by atoms with Gasteiger partial charge in [0.2, 0.25) is 0 Å². The van der Waals surface area contributed by atoms with Crippen LogP contribution in [0, 0.1) is 5.92 Å². The highest BCUT2D eigenvalue weighted by Gasteiger charge is 2.18. The third-order valence-electron chi connectivity index (χ3n) is 4.07. The summed E-state index contributed by atoms with van der Waals surface area (Å²) in [6.45, 7) is 9.72. The minimum Gasteiger partial charge on any atom is -0.464 e. The molecule has 0 unspecified atom stereocenters.